The number of hydrogen-bond donors (Lipinski definition) is 1. The molecule has 1 fully saturated rings. The first-order valence-electron chi connectivity index (χ1n) is 6.28. The molecule has 0 aliphatic carbocycles. The van der Waals surface area contributed by atoms with E-state index in [-0.39, 0.29) is 11.7 Å². The van der Waals surface area contributed by atoms with Gasteiger partial charge in [0.1, 0.15) is 5.75 Å². The summed E-state index contributed by atoms with van der Waals surface area (Å²) in [6, 6.07) is 6.10. The average Bonchev–Trinajstić information content (AvgIpc) is 2.92. The summed E-state index contributed by atoms with van der Waals surface area (Å²) in [7, 11) is -2.80. The van der Waals surface area contributed by atoms with Crippen LogP contribution in [-0.2, 0) is 22.9 Å². The van der Waals surface area contributed by atoms with Crippen molar-refractivity contribution in [2.75, 3.05) is 18.1 Å². The van der Waals surface area contributed by atoms with Crippen molar-refractivity contribution in [1.82, 2.24) is 5.32 Å². The third kappa shape index (κ3) is 2.52. The number of rotatable bonds is 3. The van der Waals surface area contributed by atoms with Crippen molar-refractivity contribution in [1.29, 1.82) is 0 Å². The predicted octanol–water partition coefficient (Wildman–Crippen LogP) is 1.10. The molecule has 3 rings (SSSR count). The first-order valence-corrected chi connectivity index (χ1v) is 8.10. The van der Waals surface area contributed by atoms with Crippen molar-refractivity contribution in [3.8, 4) is 5.75 Å². The van der Waals surface area contributed by atoms with E-state index in [2.05, 4.69) is 17.4 Å². The highest BCUT2D eigenvalue weighted by atomic mass is 32.2. The molecule has 2 heterocycles. The van der Waals surface area contributed by atoms with Crippen molar-refractivity contribution >= 4 is 9.84 Å². The van der Waals surface area contributed by atoms with E-state index in [0.717, 1.165) is 25.3 Å². The minimum atomic E-state index is -2.80. The molecule has 0 amide bonds. The first kappa shape index (κ1) is 12.0. The molecular weight excluding hydrogens is 250 g/mol. The Balaban J connectivity index is 1.61. The lowest BCUT2D eigenvalue weighted by Gasteiger charge is -2.11. The molecule has 2 aliphatic rings. The van der Waals surface area contributed by atoms with Crippen molar-refractivity contribution in [2.45, 2.75) is 19.5 Å². The van der Waals surface area contributed by atoms with Crippen molar-refractivity contribution in [2.24, 2.45) is 5.92 Å². The number of hydrogen-bond acceptors (Lipinski definition) is 4. The number of ether oxygens (including phenoxy) is 1. The summed E-state index contributed by atoms with van der Waals surface area (Å²) in [5.41, 5.74) is 2.61. The van der Waals surface area contributed by atoms with E-state index in [1.807, 2.05) is 6.07 Å². The molecule has 1 aromatic rings. The second-order valence-electron chi connectivity index (χ2n) is 5.11. The summed E-state index contributed by atoms with van der Waals surface area (Å²) in [6.07, 6.45) is 0.731. The minimum absolute atomic E-state index is 0.154. The Kier molecular flexibility index (Phi) is 3.03. The average molecular weight is 267 g/mol. The van der Waals surface area contributed by atoms with E-state index in [1.54, 1.807) is 0 Å². The van der Waals surface area contributed by atoms with Gasteiger partial charge in [-0.2, -0.15) is 0 Å². The van der Waals surface area contributed by atoms with Gasteiger partial charge in [-0.25, -0.2) is 8.42 Å². The summed E-state index contributed by atoms with van der Waals surface area (Å²) in [6.45, 7) is 2.33. The largest absolute Gasteiger partial charge is 0.493 e. The molecule has 18 heavy (non-hydrogen) atoms. The lowest BCUT2D eigenvalue weighted by atomic mass is 10.1. The summed E-state index contributed by atoms with van der Waals surface area (Å²) in [4.78, 5) is 0. The predicted molar refractivity (Wildman–Crippen MR) is 69.2 cm³/mol. The van der Waals surface area contributed by atoms with Crippen LogP contribution in [0.3, 0.4) is 0 Å². The highest BCUT2D eigenvalue weighted by Gasteiger charge is 2.28. The molecule has 0 spiro atoms. The Labute approximate surface area is 107 Å². The molecule has 1 unspecified atom stereocenters. The molecule has 0 radical (unpaired) electrons. The number of fused-ring (bicyclic) bond motifs is 1. The quantitative estimate of drug-likeness (QED) is 0.891. The molecule has 0 aromatic heterocycles. The molecule has 5 heteroatoms. The standard InChI is InChI=1S/C13H17NO3S/c15-18(16)4-3-10(9-18)8-17-13-2-1-11-6-14-7-12(11)5-13/h1-2,5,10,14H,3-4,6-9H2. The van der Waals surface area contributed by atoms with E-state index in [9.17, 15) is 8.42 Å². The maximum Gasteiger partial charge on any atom is 0.150 e. The van der Waals surface area contributed by atoms with Gasteiger partial charge in [-0.15, -0.1) is 0 Å². The van der Waals surface area contributed by atoms with E-state index in [0.29, 0.717) is 12.4 Å². The molecular formula is C13H17NO3S. The van der Waals surface area contributed by atoms with Gasteiger partial charge in [0.05, 0.1) is 18.1 Å². The third-order valence-corrected chi connectivity index (χ3v) is 5.46. The van der Waals surface area contributed by atoms with Gasteiger partial charge in [-0.1, -0.05) is 6.07 Å². The van der Waals surface area contributed by atoms with Crippen LogP contribution >= 0.6 is 0 Å². The van der Waals surface area contributed by atoms with Gasteiger partial charge < -0.3 is 10.1 Å². The van der Waals surface area contributed by atoms with Gasteiger partial charge in [-0.3, -0.25) is 0 Å². The molecule has 1 saturated heterocycles. The molecule has 0 bridgehead atoms. The highest BCUT2D eigenvalue weighted by molar-refractivity contribution is 7.91. The first-order chi connectivity index (χ1) is 8.62. The third-order valence-electron chi connectivity index (χ3n) is 3.62. The summed E-state index contributed by atoms with van der Waals surface area (Å²) < 4.78 is 28.4. The lowest BCUT2D eigenvalue weighted by molar-refractivity contribution is 0.263. The smallest absolute Gasteiger partial charge is 0.150 e. The van der Waals surface area contributed by atoms with Gasteiger partial charge in [0, 0.05) is 19.0 Å². The van der Waals surface area contributed by atoms with Gasteiger partial charge >= 0.3 is 0 Å². The molecule has 1 atom stereocenters. The minimum Gasteiger partial charge on any atom is -0.493 e. The number of sulfone groups is 1. The van der Waals surface area contributed by atoms with Crippen molar-refractivity contribution in [3.63, 3.8) is 0 Å². The Morgan fingerprint density at radius 1 is 1.28 bits per heavy atom. The highest BCUT2D eigenvalue weighted by Crippen LogP contribution is 2.24. The molecule has 4 nitrogen and oxygen atoms in total. The fourth-order valence-electron chi connectivity index (χ4n) is 2.58. The van der Waals surface area contributed by atoms with Crippen LogP contribution < -0.4 is 10.1 Å². The van der Waals surface area contributed by atoms with Gasteiger partial charge in [0.25, 0.3) is 0 Å². The normalized spacial score (nSPS) is 25.0. The lowest BCUT2D eigenvalue weighted by Crippen LogP contribution is -2.13. The maximum atomic E-state index is 11.3. The van der Waals surface area contributed by atoms with Crippen LogP contribution in [-0.4, -0.2) is 26.5 Å². The van der Waals surface area contributed by atoms with Gasteiger partial charge in [0.15, 0.2) is 9.84 Å². The molecule has 1 N–H and O–H groups in total. The number of nitrogens with one attached hydrogen (secondary N) is 1. The Hall–Kier alpha value is -1.07. The van der Waals surface area contributed by atoms with Gasteiger partial charge in [-0.05, 0) is 29.7 Å². The molecule has 2 aliphatic heterocycles. The van der Waals surface area contributed by atoms with Gasteiger partial charge in [0.2, 0.25) is 0 Å². The fourth-order valence-corrected chi connectivity index (χ4v) is 4.42. The molecule has 1 aromatic carbocycles. The van der Waals surface area contributed by atoms with Crippen LogP contribution in [0.5, 0.6) is 5.75 Å². The fraction of sp³-hybridized carbons (Fsp3) is 0.538. The van der Waals surface area contributed by atoms with Crippen LogP contribution in [0.25, 0.3) is 0 Å². The van der Waals surface area contributed by atoms with Crippen LogP contribution in [0.15, 0.2) is 18.2 Å². The number of benzene rings is 1. The zero-order valence-electron chi connectivity index (χ0n) is 10.2. The SMILES string of the molecule is O=S1(=O)CCC(COc2ccc3c(c2)CNC3)C1. The maximum absolute atomic E-state index is 11.3. The zero-order valence-corrected chi connectivity index (χ0v) is 11.0. The van der Waals surface area contributed by atoms with E-state index in [4.69, 9.17) is 4.74 Å². The van der Waals surface area contributed by atoms with Crippen molar-refractivity contribution in [3.05, 3.63) is 29.3 Å². The Bertz CT molecular complexity index is 553. The summed E-state index contributed by atoms with van der Waals surface area (Å²) in [5.74, 6) is 1.59. The van der Waals surface area contributed by atoms with E-state index in [1.165, 1.54) is 11.1 Å². The van der Waals surface area contributed by atoms with Crippen LogP contribution in [0.1, 0.15) is 17.5 Å². The van der Waals surface area contributed by atoms with Crippen molar-refractivity contribution < 1.29 is 13.2 Å². The zero-order chi connectivity index (χ0) is 12.6. The summed E-state index contributed by atoms with van der Waals surface area (Å²) >= 11 is 0. The second kappa shape index (κ2) is 4.55. The monoisotopic (exact) mass is 267 g/mol. The van der Waals surface area contributed by atoms with Crippen LogP contribution in [0.2, 0.25) is 0 Å². The Morgan fingerprint density at radius 3 is 2.89 bits per heavy atom. The van der Waals surface area contributed by atoms with E-state index < -0.39 is 9.84 Å². The molecule has 0 saturated carbocycles. The topological polar surface area (TPSA) is 55.4 Å². The Morgan fingerprint density at radius 2 is 2.11 bits per heavy atom. The molecule has 98 valence electrons. The second-order valence-corrected chi connectivity index (χ2v) is 7.34. The van der Waals surface area contributed by atoms with Crippen LogP contribution in [0, 0.1) is 5.92 Å². The van der Waals surface area contributed by atoms with Crippen LogP contribution in [0.4, 0.5) is 0 Å². The van der Waals surface area contributed by atoms with E-state index >= 15 is 0 Å². The summed E-state index contributed by atoms with van der Waals surface area (Å²) in [5, 5.41) is 3.29.